The zero-order chi connectivity index (χ0) is 22.1. The minimum absolute atomic E-state index is 0.192. The van der Waals surface area contributed by atoms with Gasteiger partial charge in [-0.25, -0.2) is 4.79 Å². The average molecular weight is 438 g/mol. The van der Waals surface area contributed by atoms with Gasteiger partial charge in [-0.15, -0.1) is 0 Å². The van der Waals surface area contributed by atoms with Crippen LogP contribution in [0.4, 0.5) is 0 Å². The fourth-order valence-electron chi connectivity index (χ4n) is 3.63. The third-order valence-corrected chi connectivity index (χ3v) is 5.77. The van der Waals surface area contributed by atoms with E-state index in [-0.39, 0.29) is 12.3 Å². The molecule has 0 N–H and O–H groups in total. The first-order chi connectivity index (χ1) is 14.8. The second-order valence-electron chi connectivity index (χ2n) is 7.78. The van der Waals surface area contributed by atoms with Gasteiger partial charge in [-0.3, -0.25) is 4.99 Å². The summed E-state index contributed by atoms with van der Waals surface area (Å²) in [5.74, 6) is 1.13. The number of aryl methyl sites for hydroxylation is 2. The van der Waals surface area contributed by atoms with Crippen LogP contribution in [0.25, 0.3) is 5.69 Å². The van der Waals surface area contributed by atoms with Crippen LogP contribution < -0.4 is 10.4 Å². The lowest BCUT2D eigenvalue weighted by atomic mass is 9.92. The van der Waals surface area contributed by atoms with Gasteiger partial charge in [0.25, 0.3) is 0 Å². The first-order valence-corrected chi connectivity index (χ1v) is 10.5. The van der Waals surface area contributed by atoms with Crippen LogP contribution >= 0.6 is 11.6 Å². The highest BCUT2D eigenvalue weighted by molar-refractivity contribution is 6.31. The molecule has 8 heteroatoms. The predicted octanol–water partition coefficient (Wildman–Crippen LogP) is 4.24. The summed E-state index contributed by atoms with van der Waals surface area (Å²) < 4.78 is 8.48. The van der Waals surface area contributed by atoms with E-state index in [0.29, 0.717) is 22.2 Å². The zero-order valence-corrected chi connectivity index (χ0v) is 18.7. The topological polar surface area (TPSA) is 74.3 Å². The van der Waals surface area contributed by atoms with Gasteiger partial charge >= 0.3 is 5.69 Å². The van der Waals surface area contributed by atoms with Crippen molar-refractivity contribution >= 4 is 17.3 Å². The van der Waals surface area contributed by atoms with E-state index < -0.39 is 0 Å². The maximum absolute atomic E-state index is 12.3. The quantitative estimate of drug-likeness (QED) is 0.598. The van der Waals surface area contributed by atoms with Crippen LogP contribution in [0.15, 0.2) is 58.0 Å². The molecule has 1 unspecified atom stereocenters. The second kappa shape index (κ2) is 8.51. The monoisotopic (exact) mass is 437 g/mol. The Bertz CT molecular complexity index is 1260. The standard InChI is InChI=1S/C23H24ClN5O2/c1-14-8-9-16(3)25-22(14)17-10-11-21(15(2)12-17)31-13-18-19(24)6-5-7-20(18)29-23(30)28(4)26-27-29/h5-7,9-12,14H,8,13H2,1-4H3. The van der Waals surface area contributed by atoms with E-state index in [1.807, 2.05) is 26.0 Å². The highest BCUT2D eigenvalue weighted by atomic mass is 35.5. The van der Waals surface area contributed by atoms with Crippen LogP contribution in [0.2, 0.25) is 5.02 Å². The predicted molar refractivity (Wildman–Crippen MR) is 121 cm³/mol. The molecule has 31 heavy (non-hydrogen) atoms. The lowest BCUT2D eigenvalue weighted by molar-refractivity contribution is 0.303. The number of rotatable bonds is 5. The second-order valence-corrected chi connectivity index (χ2v) is 8.19. The van der Waals surface area contributed by atoms with Crippen LogP contribution in [0.3, 0.4) is 0 Å². The van der Waals surface area contributed by atoms with Crippen LogP contribution in [0.1, 0.15) is 37.0 Å². The van der Waals surface area contributed by atoms with Crippen molar-refractivity contribution in [2.45, 2.75) is 33.8 Å². The molecule has 0 saturated heterocycles. The Labute approximate surface area is 185 Å². The Kier molecular flexibility index (Phi) is 5.78. The summed E-state index contributed by atoms with van der Waals surface area (Å²) in [6.45, 7) is 6.42. The van der Waals surface area contributed by atoms with E-state index in [4.69, 9.17) is 21.3 Å². The summed E-state index contributed by atoms with van der Waals surface area (Å²) in [6, 6.07) is 11.4. The molecule has 0 radical (unpaired) electrons. The summed E-state index contributed by atoms with van der Waals surface area (Å²) in [5, 5.41) is 8.20. The molecule has 7 nitrogen and oxygen atoms in total. The first kappa shape index (κ1) is 21.1. The molecule has 0 fully saturated rings. The van der Waals surface area contributed by atoms with Crippen molar-refractivity contribution in [2.24, 2.45) is 18.0 Å². The van der Waals surface area contributed by atoms with Crippen LogP contribution in [0.5, 0.6) is 5.75 Å². The number of ether oxygens (including phenoxy) is 1. The number of benzene rings is 2. The largest absolute Gasteiger partial charge is 0.488 e. The Hall–Kier alpha value is -3.19. The van der Waals surface area contributed by atoms with E-state index in [1.165, 1.54) is 9.36 Å². The van der Waals surface area contributed by atoms with Crippen molar-refractivity contribution in [3.05, 3.63) is 80.4 Å². The van der Waals surface area contributed by atoms with Crippen molar-refractivity contribution in [1.29, 1.82) is 0 Å². The normalized spacial score (nSPS) is 16.1. The Morgan fingerprint density at radius 3 is 2.71 bits per heavy atom. The van der Waals surface area contributed by atoms with Crippen molar-refractivity contribution in [1.82, 2.24) is 19.8 Å². The zero-order valence-electron chi connectivity index (χ0n) is 18.0. The molecule has 0 saturated carbocycles. The number of aliphatic imine (C=N–C) groups is 1. The minimum Gasteiger partial charge on any atom is -0.488 e. The molecule has 2 aromatic carbocycles. The molecule has 0 aliphatic carbocycles. The van der Waals surface area contributed by atoms with Crippen molar-refractivity contribution in [3.8, 4) is 11.4 Å². The SMILES string of the molecule is CC1=CCC(C)C(c2ccc(OCc3c(Cl)cccc3-n3nnn(C)c3=O)c(C)c2)=N1. The van der Waals surface area contributed by atoms with Gasteiger partial charge in [0.15, 0.2) is 0 Å². The molecule has 3 aromatic rings. The Balaban J connectivity index is 1.60. The lowest BCUT2D eigenvalue weighted by Crippen LogP contribution is -2.23. The highest BCUT2D eigenvalue weighted by Crippen LogP contribution is 2.28. The Morgan fingerprint density at radius 2 is 2.00 bits per heavy atom. The van der Waals surface area contributed by atoms with Crippen LogP contribution in [0, 0.1) is 12.8 Å². The highest BCUT2D eigenvalue weighted by Gasteiger charge is 2.18. The van der Waals surface area contributed by atoms with Gasteiger partial charge in [-0.1, -0.05) is 30.7 Å². The molecule has 160 valence electrons. The van der Waals surface area contributed by atoms with E-state index in [1.54, 1.807) is 25.2 Å². The van der Waals surface area contributed by atoms with Crippen LogP contribution in [-0.4, -0.2) is 25.5 Å². The van der Waals surface area contributed by atoms with E-state index >= 15 is 0 Å². The van der Waals surface area contributed by atoms with Crippen LogP contribution in [-0.2, 0) is 13.7 Å². The van der Waals surface area contributed by atoms with Gasteiger partial charge in [0.05, 0.1) is 11.4 Å². The molecular weight excluding hydrogens is 414 g/mol. The number of allylic oxidation sites excluding steroid dienone is 2. The molecule has 2 heterocycles. The fourth-order valence-corrected chi connectivity index (χ4v) is 3.85. The Morgan fingerprint density at radius 1 is 1.19 bits per heavy atom. The molecular formula is C23H24ClN5O2. The van der Waals surface area contributed by atoms with Gasteiger partial charge in [-0.05, 0) is 72.2 Å². The molecule has 1 aliphatic heterocycles. The number of nitrogens with zero attached hydrogens (tertiary/aromatic N) is 5. The van der Waals surface area contributed by atoms with E-state index in [0.717, 1.165) is 34.7 Å². The van der Waals surface area contributed by atoms with Crippen molar-refractivity contribution in [3.63, 3.8) is 0 Å². The maximum Gasteiger partial charge on any atom is 0.368 e. The smallest absolute Gasteiger partial charge is 0.368 e. The summed E-state index contributed by atoms with van der Waals surface area (Å²) in [7, 11) is 1.55. The van der Waals surface area contributed by atoms with Gasteiger partial charge in [0, 0.05) is 29.2 Å². The summed E-state index contributed by atoms with van der Waals surface area (Å²) in [5.41, 5.74) is 5.13. The van der Waals surface area contributed by atoms with Gasteiger partial charge in [0.1, 0.15) is 12.4 Å². The maximum atomic E-state index is 12.3. The van der Waals surface area contributed by atoms with Gasteiger partial charge in [-0.2, -0.15) is 9.36 Å². The molecule has 1 aliphatic rings. The van der Waals surface area contributed by atoms with Gasteiger partial charge < -0.3 is 4.74 Å². The molecule has 1 aromatic heterocycles. The molecule has 4 rings (SSSR count). The van der Waals surface area contributed by atoms with Gasteiger partial charge in [0.2, 0.25) is 0 Å². The molecule has 0 bridgehead atoms. The van der Waals surface area contributed by atoms with Crippen molar-refractivity contribution < 1.29 is 4.74 Å². The fraction of sp³-hybridized carbons (Fsp3) is 0.304. The number of halogens is 1. The molecule has 1 atom stereocenters. The lowest BCUT2D eigenvalue weighted by Gasteiger charge is -2.19. The summed E-state index contributed by atoms with van der Waals surface area (Å²) >= 11 is 6.43. The molecule has 0 amide bonds. The van der Waals surface area contributed by atoms with E-state index in [2.05, 4.69) is 29.5 Å². The first-order valence-electron chi connectivity index (χ1n) is 10.1. The third kappa shape index (κ3) is 4.18. The van der Waals surface area contributed by atoms with Crippen molar-refractivity contribution in [2.75, 3.05) is 0 Å². The minimum atomic E-state index is -0.351. The summed E-state index contributed by atoms with van der Waals surface area (Å²) in [6.07, 6.45) is 3.17. The number of hydrogen-bond acceptors (Lipinski definition) is 5. The average Bonchev–Trinajstić information content (AvgIpc) is 3.08. The number of aromatic nitrogens is 4. The summed E-state index contributed by atoms with van der Waals surface area (Å²) in [4.78, 5) is 17.0. The van der Waals surface area contributed by atoms with E-state index in [9.17, 15) is 4.79 Å². The third-order valence-electron chi connectivity index (χ3n) is 5.42. The number of tetrazole rings is 1. The number of hydrogen-bond donors (Lipinski definition) is 0. The molecule has 0 spiro atoms.